The fraction of sp³-hybridized carbons (Fsp3) is 0.833. The molecule has 104 valence electrons. The molecule has 18 heavy (non-hydrogen) atoms. The number of likely N-dealkylation sites (tertiary alicyclic amines) is 1. The minimum atomic E-state index is -0.962. The van der Waals surface area contributed by atoms with Crippen LogP contribution in [0.2, 0.25) is 0 Å². The van der Waals surface area contributed by atoms with E-state index in [4.69, 9.17) is 10.2 Å². The largest absolute Gasteiger partial charge is 0.481 e. The van der Waals surface area contributed by atoms with Crippen LogP contribution in [0, 0.1) is 0 Å². The van der Waals surface area contributed by atoms with Crippen LogP contribution in [0.4, 0.5) is 0 Å². The molecule has 1 aliphatic heterocycles. The molecular weight excluding hydrogens is 236 g/mol. The number of aliphatic hydroxyl groups excluding tert-OH is 1. The number of hydrogen-bond donors (Lipinski definition) is 2. The van der Waals surface area contributed by atoms with Gasteiger partial charge in [-0.3, -0.25) is 9.59 Å². The number of rotatable bonds is 6. The van der Waals surface area contributed by atoms with Crippen molar-refractivity contribution in [1.29, 1.82) is 0 Å². The Bertz CT molecular complexity index is 288. The lowest BCUT2D eigenvalue weighted by atomic mass is 10.0. The van der Waals surface area contributed by atoms with Crippen LogP contribution in [0.15, 0.2) is 0 Å². The molecule has 1 fully saturated rings. The third kappa shape index (κ3) is 4.62. The third-order valence-corrected chi connectivity index (χ3v) is 3.34. The molecule has 0 atom stereocenters. The van der Waals surface area contributed by atoms with E-state index < -0.39 is 5.97 Å². The molecule has 6 heteroatoms. The summed E-state index contributed by atoms with van der Waals surface area (Å²) in [6.07, 6.45) is 1.64. The molecule has 1 rings (SSSR count). The van der Waals surface area contributed by atoms with Crippen LogP contribution in [0.25, 0.3) is 0 Å². The first-order valence-corrected chi connectivity index (χ1v) is 6.35. The summed E-state index contributed by atoms with van der Waals surface area (Å²) in [7, 11) is 2.04. The molecule has 0 aromatic carbocycles. The number of carboxylic acids is 1. The lowest BCUT2D eigenvalue weighted by Gasteiger charge is -2.37. The van der Waals surface area contributed by atoms with Gasteiger partial charge >= 0.3 is 5.97 Å². The van der Waals surface area contributed by atoms with Gasteiger partial charge in [-0.25, -0.2) is 0 Å². The molecule has 0 spiro atoms. The van der Waals surface area contributed by atoms with Crippen LogP contribution < -0.4 is 0 Å². The highest BCUT2D eigenvalue weighted by Gasteiger charge is 2.26. The van der Waals surface area contributed by atoms with Crippen LogP contribution >= 0.6 is 0 Å². The fourth-order valence-corrected chi connectivity index (χ4v) is 2.28. The van der Waals surface area contributed by atoms with Crippen molar-refractivity contribution >= 4 is 11.9 Å². The maximum atomic E-state index is 12.0. The van der Waals surface area contributed by atoms with Gasteiger partial charge in [0, 0.05) is 19.0 Å². The average Bonchev–Trinajstić information content (AvgIpc) is 2.34. The number of hydrogen-bond acceptors (Lipinski definition) is 4. The lowest BCUT2D eigenvalue weighted by molar-refractivity contribution is -0.142. The molecule has 1 saturated heterocycles. The summed E-state index contributed by atoms with van der Waals surface area (Å²) in [5.74, 6) is -1.13. The molecule has 1 heterocycles. The highest BCUT2D eigenvalue weighted by Crippen LogP contribution is 2.16. The van der Waals surface area contributed by atoms with Crippen LogP contribution in [0.1, 0.15) is 25.7 Å². The second kappa shape index (κ2) is 7.33. The Morgan fingerprint density at radius 1 is 1.28 bits per heavy atom. The Morgan fingerprint density at radius 2 is 1.89 bits per heavy atom. The van der Waals surface area contributed by atoms with Crippen LogP contribution in [0.5, 0.6) is 0 Å². The van der Waals surface area contributed by atoms with Crippen LogP contribution in [-0.4, -0.2) is 71.2 Å². The zero-order chi connectivity index (χ0) is 13.5. The number of carboxylic acid groups (broad SMARTS) is 1. The molecule has 0 aromatic rings. The highest BCUT2D eigenvalue weighted by atomic mass is 16.4. The van der Waals surface area contributed by atoms with Gasteiger partial charge in [-0.1, -0.05) is 0 Å². The van der Waals surface area contributed by atoms with Crippen LogP contribution in [-0.2, 0) is 9.59 Å². The average molecular weight is 258 g/mol. The first-order valence-electron chi connectivity index (χ1n) is 6.35. The molecule has 1 aliphatic rings. The molecule has 6 nitrogen and oxygen atoms in total. The quantitative estimate of drug-likeness (QED) is 0.687. The molecule has 0 bridgehead atoms. The van der Waals surface area contributed by atoms with E-state index in [2.05, 4.69) is 4.90 Å². The van der Waals surface area contributed by atoms with E-state index in [1.54, 1.807) is 4.90 Å². The van der Waals surface area contributed by atoms with Crippen molar-refractivity contribution in [1.82, 2.24) is 9.80 Å². The lowest BCUT2D eigenvalue weighted by Crippen LogP contribution is -2.47. The Morgan fingerprint density at radius 3 is 2.39 bits per heavy atom. The van der Waals surface area contributed by atoms with Gasteiger partial charge in [0.05, 0.1) is 13.0 Å². The fourth-order valence-electron chi connectivity index (χ4n) is 2.28. The van der Waals surface area contributed by atoms with Crippen molar-refractivity contribution < 1.29 is 19.8 Å². The highest BCUT2D eigenvalue weighted by molar-refractivity contribution is 5.81. The minimum absolute atomic E-state index is 0.0155. The van der Waals surface area contributed by atoms with Gasteiger partial charge in [0.2, 0.25) is 5.91 Å². The number of amides is 1. The third-order valence-electron chi connectivity index (χ3n) is 3.34. The molecule has 0 aliphatic carbocycles. The maximum Gasteiger partial charge on any atom is 0.303 e. The molecule has 0 unspecified atom stereocenters. The second-order valence-corrected chi connectivity index (χ2v) is 4.74. The first-order chi connectivity index (χ1) is 8.54. The van der Waals surface area contributed by atoms with Crippen molar-refractivity contribution in [3.05, 3.63) is 0 Å². The molecule has 0 aromatic heterocycles. The summed E-state index contributed by atoms with van der Waals surface area (Å²) in [6, 6.07) is 0.134. The van der Waals surface area contributed by atoms with Gasteiger partial charge in [0.25, 0.3) is 0 Å². The number of carbonyl (C=O) groups excluding carboxylic acids is 1. The Hall–Kier alpha value is -1.14. The number of aliphatic carboxylic acids is 1. The van der Waals surface area contributed by atoms with Crippen molar-refractivity contribution in [2.75, 3.05) is 33.3 Å². The van der Waals surface area contributed by atoms with Gasteiger partial charge in [0.1, 0.15) is 0 Å². The Balaban J connectivity index is 2.52. The van der Waals surface area contributed by atoms with Crippen molar-refractivity contribution in [3.63, 3.8) is 0 Å². The van der Waals surface area contributed by atoms with Gasteiger partial charge in [0.15, 0.2) is 0 Å². The second-order valence-electron chi connectivity index (χ2n) is 4.74. The molecule has 0 radical (unpaired) electrons. The van der Waals surface area contributed by atoms with Gasteiger partial charge in [-0.2, -0.15) is 0 Å². The van der Waals surface area contributed by atoms with Gasteiger partial charge < -0.3 is 20.0 Å². The van der Waals surface area contributed by atoms with Gasteiger partial charge in [-0.15, -0.1) is 0 Å². The number of nitrogens with zero attached hydrogens (tertiary/aromatic N) is 2. The molecular formula is C12H22N2O4. The van der Waals surface area contributed by atoms with Crippen LogP contribution in [0.3, 0.4) is 0 Å². The summed E-state index contributed by atoms with van der Waals surface area (Å²) < 4.78 is 0. The van der Waals surface area contributed by atoms with Crippen molar-refractivity contribution in [2.45, 2.75) is 31.7 Å². The number of piperidine rings is 1. The molecule has 0 saturated carbocycles. The van der Waals surface area contributed by atoms with Gasteiger partial charge in [-0.05, 0) is 33.0 Å². The predicted octanol–water partition coefficient (Wildman–Crippen LogP) is -0.234. The topological polar surface area (TPSA) is 81.1 Å². The summed E-state index contributed by atoms with van der Waals surface area (Å²) in [4.78, 5) is 26.3. The summed E-state index contributed by atoms with van der Waals surface area (Å²) in [5, 5.41) is 17.6. The molecule has 1 amide bonds. The zero-order valence-corrected chi connectivity index (χ0v) is 10.8. The summed E-state index contributed by atoms with van der Waals surface area (Å²) in [5.41, 5.74) is 0. The number of carbonyl (C=O) groups is 2. The SMILES string of the molecule is CN1CCC(N(CCO)C(=O)CCC(=O)O)CC1. The van der Waals surface area contributed by atoms with Crippen molar-refractivity contribution in [2.24, 2.45) is 0 Å². The van der Waals surface area contributed by atoms with E-state index in [1.807, 2.05) is 7.05 Å². The Labute approximate surface area is 107 Å². The first kappa shape index (κ1) is 14.9. The van der Waals surface area contributed by atoms with E-state index in [1.165, 1.54) is 0 Å². The molecule has 2 N–H and O–H groups in total. The normalized spacial score (nSPS) is 17.7. The Kier molecular flexibility index (Phi) is 6.07. The van der Waals surface area contributed by atoms with E-state index in [9.17, 15) is 9.59 Å². The van der Waals surface area contributed by atoms with E-state index in [0.29, 0.717) is 6.54 Å². The minimum Gasteiger partial charge on any atom is -0.481 e. The summed E-state index contributed by atoms with van der Waals surface area (Å²) >= 11 is 0. The van der Waals surface area contributed by atoms with Crippen molar-refractivity contribution in [3.8, 4) is 0 Å². The summed E-state index contributed by atoms with van der Waals surface area (Å²) in [6.45, 7) is 2.08. The standard InChI is InChI=1S/C12H22N2O4/c1-13-6-4-10(5-7-13)14(8-9-15)11(16)2-3-12(17)18/h10,15H,2-9H2,1H3,(H,17,18). The predicted molar refractivity (Wildman–Crippen MR) is 66.2 cm³/mol. The maximum absolute atomic E-state index is 12.0. The van der Waals surface area contributed by atoms with E-state index in [-0.39, 0.29) is 31.4 Å². The van der Waals surface area contributed by atoms with E-state index >= 15 is 0 Å². The van der Waals surface area contributed by atoms with E-state index in [0.717, 1.165) is 25.9 Å². The monoisotopic (exact) mass is 258 g/mol. The zero-order valence-electron chi connectivity index (χ0n) is 10.8. The number of aliphatic hydroxyl groups is 1. The smallest absolute Gasteiger partial charge is 0.303 e.